The number of fused-ring (bicyclic) bond motifs is 2. The van der Waals surface area contributed by atoms with Gasteiger partial charge in [-0.2, -0.15) is 0 Å². The molecule has 0 bridgehead atoms. The zero-order chi connectivity index (χ0) is 25.1. The molecule has 35 heavy (non-hydrogen) atoms. The Hall–Kier alpha value is -2.08. The average Bonchev–Trinajstić information content (AvgIpc) is 3.24. The number of nitrogens with zero attached hydrogens (tertiary/aromatic N) is 2. The van der Waals surface area contributed by atoms with Crippen LogP contribution < -0.4 is 14.4 Å². The van der Waals surface area contributed by atoms with E-state index in [1.165, 1.54) is 26.4 Å². The Balaban J connectivity index is 1.55. The molecule has 2 amide bonds. The van der Waals surface area contributed by atoms with Gasteiger partial charge in [0.25, 0.3) is 5.91 Å². The number of rotatable bonds is 7. The molecular weight excluding hydrogens is 492 g/mol. The van der Waals surface area contributed by atoms with Crippen molar-refractivity contribution in [3.05, 3.63) is 29.8 Å². The van der Waals surface area contributed by atoms with E-state index in [0.717, 1.165) is 36.5 Å². The first-order valence-electron chi connectivity index (χ1n) is 11.6. The molecule has 1 aromatic rings. The minimum atomic E-state index is -1.30. The largest absolute Gasteiger partial charge is 0.493 e. The lowest BCUT2D eigenvalue weighted by Crippen LogP contribution is -2.51. The fourth-order valence-corrected chi connectivity index (χ4v) is 7.10. The van der Waals surface area contributed by atoms with E-state index in [-0.39, 0.29) is 29.0 Å². The summed E-state index contributed by atoms with van der Waals surface area (Å²) in [6.07, 6.45) is 0.408. The van der Waals surface area contributed by atoms with E-state index in [0.29, 0.717) is 29.7 Å². The van der Waals surface area contributed by atoms with Crippen LogP contribution in [0.2, 0.25) is 0 Å². The monoisotopic (exact) mass is 524 g/mol. The van der Waals surface area contributed by atoms with Crippen molar-refractivity contribution < 1.29 is 33.6 Å². The van der Waals surface area contributed by atoms with Crippen LogP contribution in [-0.2, 0) is 9.47 Å². The van der Waals surface area contributed by atoms with Crippen molar-refractivity contribution in [1.82, 2.24) is 4.90 Å². The van der Waals surface area contributed by atoms with Gasteiger partial charge >= 0.3 is 6.09 Å². The highest BCUT2D eigenvalue weighted by Gasteiger charge is 2.46. The first kappa shape index (κ1) is 26.0. The fourth-order valence-electron chi connectivity index (χ4n) is 4.46. The predicted molar refractivity (Wildman–Crippen MR) is 136 cm³/mol. The fraction of sp³-hybridized carbons (Fsp3) is 0.583. The molecule has 1 unspecified atom stereocenters. The van der Waals surface area contributed by atoms with Gasteiger partial charge in [0.2, 0.25) is 0 Å². The second-order valence-electron chi connectivity index (χ2n) is 8.85. The molecule has 9 nitrogen and oxygen atoms in total. The Morgan fingerprint density at radius 3 is 2.63 bits per heavy atom. The van der Waals surface area contributed by atoms with Crippen LogP contribution >= 0.6 is 21.6 Å². The number of hydrogen-bond acceptors (Lipinski definition) is 9. The van der Waals surface area contributed by atoms with Gasteiger partial charge in [-0.3, -0.25) is 4.79 Å². The SMILES string of the molecule is C=C1C[C@H]2C(O)N(C(=O)OC[C@@H](C)SSC3CCOCC3)c3cc(OC)c(OC)cc3C(=O)N2C1. The molecule has 1 N–H and O–H groups in total. The number of methoxy groups -OCH3 is 2. The van der Waals surface area contributed by atoms with Crippen LogP contribution in [0.15, 0.2) is 24.3 Å². The summed E-state index contributed by atoms with van der Waals surface area (Å²) in [6.45, 7) is 8.03. The van der Waals surface area contributed by atoms with Gasteiger partial charge < -0.3 is 29.0 Å². The second-order valence-corrected chi connectivity index (χ2v) is 11.9. The number of anilines is 1. The summed E-state index contributed by atoms with van der Waals surface area (Å²) in [4.78, 5) is 29.5. The minimum Gasteiger partial charge on any atom is -0.493 e. The van der Waals surface area contributed by atoms with Gasteiger partial charge in [-0.05, 0) is 32.3 Å². The van der Waals surface area contributed by atoms with Gasteiger partial charge in [0.05, 0.1) is 31.5 Å². The summed E-state index contributed by atoms with van der Waals surface area (Å²) in [6, 6.07) is 2.45. The quantitative estimate of drug-likeness (QED) is 0.423. The van der Waals surface area contributed by atoms with Gasteiger partial charge in [0, 0.05) is 36.3 Å². The molecule has 4 rings (SSSR count). The summed E-state index contributed by atoms with van der Waals surface area (Å²) in [7, 11) is 6.43. The number of hydrogen-bond donors (Lipinski definition) is 1. The van der Waals surface area contributed by atoms with Crippen LogP contribution in [0.25, 0.3) is 0 Å². The zero-order valence-electron chi connectivity index (χ0n) is 20.2. The zero-order valence-corrected chi connectivity index (χ0v) is 21.9. The van der Waals surface area contributed by atoms with Crippen molar-refractivity contribution in [3.63, 3.8) is 0 Å². The first-order chi connectivity index (χ1) is 16.8. The van der Waals surface area contributed by atoms with Crippen molar-refractivity contribution in [2.75, 3.05) is 45.5 Å². The number of aliphatic hydroxyl groups excluding tert-OH is 1. The maximum atomic E-state index is 13.4. The Labute approximate surface area is 213 Å². The van der Waals surface area contributed by atoms with Crippen LogP contribution in [0, 0.1) is 0 Å². The summed E-state index contributed by atoms with van der Waals surface area (Å²) < 4.78 is 21.8. The van der Waals surface area contributed by atoms with Crippen LogP contribution in [-0.4, -0.2) is 85.4 Å². The Morgan fingerprint density at radius 1 is 1.26 bits per heavy atom. The number of carbonyl (C=O) groups excluding carboxylic acids is 2. The number of carbonyl (C=O) groups is 2. The van der Waals surface area contributed by atoms with E-state index in [4.69, 9.17) is 18.9 Å². The standard InChI is InChI=1S/C24H32N2O7S2/c1-14-9-19-23(28)26(24(29)33-13-15(2)34-35-16-5-7-32-8-6-16)18-11-21(31-4)20(30-3)10-17(18)22(27)25(19)12-14/h10-11,15-16,19,23,28H,1,5-9,12-13H2,2-4H3/t15-,19+,23?/m1/s1. The van der Waals surface area contributed by atoms with Gasteiger partial charge in [-0.15, -0.1) is 0 Å². The molecule has 0 spiro atoms. The third-order valence-corrected chi connectivity index (χ3v) is 9.77. The van der Waals surface area contributed by atoms with Crippen LogP contribution in [0.5, 0.6) is 11.5 Å². The highest BCUT2D eigenvalue weighted by atomic mass is 33.1. The van der Waals surface area contributed by atoms with Crippen molar-refractivity contribution in [2.45, 2.75) is 49.0 Å². The molecule has 1 aromatic carbocycles. The van der Waals surface area contributed by atoms with E-state index in [1.807, 2.05) is 6.92 Å². The van der Waals surface area contributed by atoms with Crippen molar-refractivity contribution in [1.29, 1.82) is 0 Å². The molecule has 0 saturated carbocycles. The van der Waals surface area contributed by atoms with Crippen molar-refractivity contribution in [2.24, 2.45) is 0 Å². The normalized spacial score (nSPS) is 23.4. The van der Waals surface area contributed by atoms with Crippen LogP contribution in [0.1, 0.15) is 36.5 Å². The van der Waals surface area contributed by atoms with Gasteiger partial charge in [-0.25, -0.2) is 9.69 Å². The number of aliphatic hydroxyl groups is 1. The topological polar surface area (TPSA) is 97.8 Å². The minimum absolute atomic E-state index is 0.0465. The molecule has 3 aliphatic rings. The summed E-state index contributed by atoms with van der Waals surface area (Å²) in [5.41, 5.74) is 1.27. The van der Waals surface area contributed by atoms with E-state index in [2.05, 4.69) is 6.58 Å². The number of benzene rings is 1. The van der Waals surface area contributed by atoms with Crippen molar-refractivity contribution in [3.8, 4) is 11.5 Å². The Kier molecular flexibility index (Phi) is 8.41. The Morgan fingerprint density at radius 2 is 1.94 bits per heavy atom. The number of amides is 2. The van der Waals surface area contributed by atoms with E-state index in [9.17, 15) is 14.7 Å². The summed E-state index contributed by atoms with van der Waals surface area (Å²) in [5.74, 6) is 0.386. The molecule has 3 aliphatic heterocycles. The average molecular weight is 525 g/mol. The maximum absolute atomic E-state index is 13.4. The third kappa shape index (κ3) is 5.52. The molecule has 0 aromatic heterocycles. The van der Waals surface area contributed by atoms with Crippen LogP contribution in [0.4, 0.5) is 10.5 Å². The molecule has 3 heterocycles. The maximum Gasteiger partial charge on any atom is 0.416 e. The number of ether oxygens (including phenoxy) is 4. The highest BCUT2D eigenvalue weighted by Crippen LogP contribution is 2.42. The molecule has 11 heteroatoms. The lowest BCUT2D eigenvalue weighted by Gasteiger charge is -2.31. The molecule has 0 aliphatic carbocycles. The molecular formula is C24H32N2O7S2. The lowest BCUT2D eigenvalue weighted by atomic mass is 10.1. The lowest BCUT2D eigenvalue weighted by molar-refractivity contribution is 0.0491. The molecule has 2 saturated heterocycles. The van der Waals surface area contributed by atoms with Crippen molar-refractivity contribution >= 4 is 39.3 Å². The second kappa shape index (κ2) is 11.3. The molecule has 0 radical (unpaired) electrons. The molecule has 3 atom stereocenters. The summed E-state index contributed by atoms with van der Waals surface area (Å²) in [5, 5.41) is 11.9. The van der Waals surface area contributed by atoms with E-state index >= 15 is 0 Å². The Bertz CT molecular complexity index is 969. The molecule has 2 fully saturated rings. The van der Waals surface area contributed by atoms with Crippen LogP contribution in [0.3, 0.4) is 0 Å². The smallest absolute Gasteiger partial charge is 0.416 e. The van der Waals surface area contributed by atoms with Gasteiger partial charge in [-0.1, -0.05) is 33.7 Å². The van der Waals surface area contributed by atoms with Gasteiger partial charge in [0.1, 0.15) is 6.61 Å². The van der Waals surface area contributed by atoms with E-state index < -0.39 is 18.4 Å². The highest BCUT2D eigenvalue weighted by molar-refractivity contribution is 8.77. The first-order valence-corrected chi connectivity index (χ1v) is 13.9. The predicted octanol–water partition coefficient (Wildman–Crippen LogP) is 3.70. The molecule has 192 valence electrons. The summed E-state index contributed by atoms with van der Waals surface area (Å²) >= 11 is 0. The third-order valence-electron chi connectivity index (χ3n) is 6.32. The van der Waals surface area contributed by atoms with Gasteiger partial charge in [0.15, 0.2) is 17.7 Å². The van der Waals surface area contributed by atoms with E-state index in [1.54, 1.807) is 26.5 Å².